The maximum Gasteiger partial charge on any atom is 0.291 e. The van der Waals surface area contributed by atoms with Crippen molar-refractivity contribution in [3.8, 4) is 0 Å². The molecule has 27 heavy (non-hydrogen) atoms. The topological polar surface area (TPSA) is 83.1 Å². The van der Waals surface area contributed by atoms with E-state index in [1.165, 1.54) is 4.90 Å². The van der Waals surface area contributed by atoms with Gasteiger partial charge in [0.05, 0.1) is 5.69 Å². The Morgan fingerprint density at radius 3 is 2.52 bits per heavy atom. The number of likely N-dealkylation sites (tertiary alicyclic amines) is 1. The number of carbonyl (C=O) groups excluding carboxylic acids is 3. The highest BCUT2D eigenvalue weighted by molar-refractivity contribution is 6.14. The second kappa shape index (κ2) is 5.89. The van der Waals surface area contributed by atoms with Crippen molar-refractivity contribution >= 4 is 23.4 Å². The minimum atomic E-state index is -1.05. The van der Waals surface area contributed by atoms with E-state index >= 15 is 0 Å². The number of imide groups is 1. The molecule has 2 saturated heterocycles. The van der Waals surface area contributed by atoms with Crippen LogP contribution in [-0.4, -0.2) is 34.7 Å². The molecule has 1 aromatic carbocycles. The number of rotatable bonds is 3. The fourth-order valence-electron chi connectivity index (χ4n) is 5.25. The van der Waals surface area contributed by atoms with E-state index in [-0.39, 0.29) is 35.7 Å². The SMILES string of the molecule is CC[C@H](C)N1C(=O)[C@H]2[C@@H](C1=O)[C@]1([NH2+][C@H]2C(C)C)C(=O)Nc2ccc(C)cc21. The number of amides is 3. The van der Waals surface area contributed by atoms with Crippen LogP contribution in [0.15, 0.2) is 18.2 Å². The Morgan fingerprint density at radius 1 is 1.19 bits per heavy atom. The van der Waals surface area contributed by atoms with Gasteiger partial charge in [-0.1, -0.05) is 32.4 Å². The van der Waals surface area contributed by atoms with Gasteiger partial charge in [0.25, 0.3) is 5.91 Å². The Kier molecular flexibility index (Phi) is 3.97. The van der Waals surface area contributed by atoms with E-state index < -0.39 is 17.4 Å². The van der Waals surface area contributed by atoms with Crippen LogP contribution in [0.5, 0.6) is 0 Å². The smallest absolute Gasteiger partial charge is 0.291 e. The molecule has 3 aliphatic rings. The van der Waals surface area contributed by atoms with Gasteiger partial charge in [0, 0.05) is 17.5 Å². The van der Waals surface area contributed by atoms with Crippen LogP contribution in [0.25, 0.3) is 0 Å². The summed E-state index contributed by atoms with van der Waals surface area (Å²) in [7, 11) is 0. The van der Waals surface area contributed by atoms with Crippen LogP contribution in [-0.2, 0) is 19.9 Å². The van der Waals surface area contributed by atoms with Crippen molar-refractivity contribution in [2.24, 2.45) is 17.8 Å². The van der Waals surface area contributed by atoms with E-state index in [4.69, 9.17) is 0 Å². The largest absolute Gasteiger partial charge is 0.326 e. The standard InChI is InChI=1S/C21H27N3O3/c1-6-12(5)24-18(25)15-16(19(24)26)21(23-17(15)10(2)3)13-9-11(4)7-8-14(13)22-20(21)27/h7-10,12,15-17,23H,6H2,1-5H3,(H,22,27)/p+1/t12-,15-,16-,17-,21-/m0/s1. The van der Waals surface area contributed by atoms with E-state index in [0.29, 0.717) is 6.42 Å². The predicted molar refractivity (Wildman–Crippen MR) is 101 cm³/mol. The third-order valence-electron chi connectivity index (χ3n) is 6.79. The Morgan fingerprint density at radius 2 is 1.89 bits per heavy atom. The number of nitrogens with one attached hydrogen (secondary N) is 1. The van der Waals surface area contributed by atoms with Crippen LogP contribution in [0.3, 0.4) is 0 Å². The highest BCUT2D eigenvalue weighted by Crippen LogP contribution is 2.50. The Bertz CT molecular complexity index is 849. The highest BCUT2D eigenvalue weighted by atomic mass is 16.2. The molecule has 3 N–H and O–H groups in total. The molecule has 5 atom stereocenters. The molecule has 1 spiro atoms. The monoisotopic (exact) mass is 370 g/mol. The minimum absolute atomic E-state index is 0.0993. The zero-order valence-electron chi connectivity index (χ0n) is 16.6. The third-order valence-corrected chi connectivity index (χ3v) is 6.79. The number of nitrogens with two attached hydrogens (primary N) is 1. The first-order chi connectivity index (χ1) is 12.7. The number of fused-ring (bicyclic) bond motifs is 4. The molecule has 3 heterocycles. The molecular formula is C21H28N3O3+. The molecular weight excluding hydrogens is 342 g/mol. The summed E-state index contributed by atoms with van der Waals surface area (Å²) in [5.41, 5.74) is 1.60. The van der Waals surface area contributed by atoms with Gasteiger partial charge < -0.3 is 10.6 Å². The van der Waals surface area contributed by atoms with Crippen LogP contribution in [0, 0.1) is 24.7 Å². The molecule has 1 aromatic rings. The lowest BCUT2D eigenvalue weighted by Gasteiger charge is -2.29. The average molecular weight is 370 g/mol. The summed E-state index contributed by atoms with van der Waals surface area (Å²) in [6.07, 6.45) is 0.710. The maximum atomic E-state index is 13.5. The van der Waals surface area contributed by atoms with Gasteiger partial charge in [0.2, 0.25) is 17.4 Å². The van der Waals surface area contributed by atoms with Crippen molar-refractivity contribution in [2.45, 2.75) is 58.7 Å². The van der Waals surface area contributed by atoms with Gasteiger partial charge in [0.1, 0.15) is 17.9 Å². The van der Waals surface area contributed by atoms with Crippen molar-refractivity contribution in [1.29, 1.82) is 0 Å². The Balaban J connectivity index is 1.92. The van der Waals surface area contributed by atoms with Crippen LogP contribution in [0.4, 0.5) is 5.69 Å². The summed E-state index contributed by atoms with van der Waals surface area (Å²) < 4.78 is 0. The van der Waals surface area contributed by atoms with Gasteiger partial charge in [-0.25, -0.2) is 0 Å². The fourth-order valence-corrected chi connectivity index (χ4v) is 5.25. The number of benzene rings is 1. The molecule has 0 radical (unpaired) electrons. The lowest BCUT2D eigenvalue weighted by molar-refractivity contribution is -0.738. The first-order valence-corrected chi connectivity index (χ1v) is 9.89. The van der Waals surface area contributed by atoms with Crippen molar-refractivity contribution in [3.63, 3.8) is 0 Å². The molecule has 6 nitrogen and oxygen atoms in total. The molecule has 0 bridgehead atoms. The molecule has 0 unspecified atom stereocenters. The van der Waals surface area contributed by atoms with Crippen molar-refractivity contribution < 1.29 is 19.7 Å². The molecule has 6 heteroatoms. The summed E-state index contributed by atoms with van der Waals surface area (Å²) in [5, 5.41) is 4.98. The molecule has 0 aliphatic carbocycles. The second-order valence-electron chi connectivity index (χ2n) is 8.67. The van der Waals surface area contributed by atoms with Gasteiger partial charge >= 0.3 is 0 Å². The molecule has 144 valence electrons. The van der Waals surface area contributed by atoms with E-state index in [0.717, 1.165) is 16.8 Å². The third kappa shape index (κ3) is 2.19. The van der Waals surface area contributed by atoms with E-state index in [1.807, 2.05) is 44.3 Å². The van der Waals surface area contributed by atoms with Crippen molar-refractivity contribution in [1.82, 2.24) is 4.90 Å². The van der Waals surface area contributed by atoms with Gasteiger partial charge in [-0.05, 0) is 32.4 Å². The highest BCUT2D eigenvalue weighted by Gasteiger charge is 2.74. The van der Waals surface area contributed by atoms with Crippen LogP contribution < -0.4 is 10.6 Å². The van der Waals surface area contributed by atoms with E-state index in [9.17, 15) is 14.4 Å². The van der Waals surface area contributed by atoms with Crippen molar-refractivity contribution in [3.05, 3.63) is 29.3 Å². The number of aryl methyl sites for hydroxylation is 1. The van der Waals surface area contributed by atoms with Gasteiger partial charge in [0.15, 0.2) is 0 Å². The Labute approximate surface area is 159 Å². The van der Waals surface area contributed by atoms with Crippen LogP contribution >= 0.6 is 0 Å². The predicted octanol–water partition coefficient (Wildman–Crippen LogP) is 1.14. The van der Waals surface area contributed by atoms with Gasteiger partial charge in [-0.3, -0.25) is 19.3 Å². The molecule has 2 fully saturated rings. The maximum absolute atomic E-state index is 13.5. The van der Waals surface area contributed by atoms with Gasteiger partial charge in [-0.15, -0.1) is 0 Å². The minimum Gasteiger partial charge on any atom is -0.326 e. The first kappa shape index (κ1) is 18.2. The summed E-state index contributed by atoms with van der Waals surface area (Å²) in [5.74, 6) is -1.40. The lowest BCUT2D eigenvalue weighted by atomic mass is 9.75. The van der Waals surface area contributed by atoms with E-state index in [2.05, 4.69) is 19.2 Å². The summed E-state index contributed by atoms with van der Waals surface area (Å²) >= 11 is 0. The number of hydrogen-bond acceptors (Lipinski definition) is 3. The zero-order valence-corrected chi connectivity index (χ0v) is 16.6. The average Bonchev–Trinajstić information content (AvgIpc) is 3.20. The molecule has 4 rings (SSSR count). The van der Waals surface area contributed by atoms with Crippen LogP contribution in [0.1, 0.15) is 45.2 Å². The van der Waals surface area contributed by atoms with Gasteiger partial charge in [-0.2, -0.15) is 0 Å². The summed E-state index contributed by atoms with van der Waals surface area (Å²) in [6.45, 7) is 9.98. The number of quaternary nitrogens is 1. The fraction of sp³-hybridized carbons (Fsp3) is 0.571. The molecule has 3 aliphatic heterocycles. The molecule has 0 aromatic heterocycles. The van der Waals surface area contributed by atoms with E-state index in [1.54, 1.807) is 0 Å². The lowest BCUT2D eigenvalue weighted by Crippen LogP contribution is -2.99. The Hall–Kier alpha value is -2.21. The van der Waals surface area contributed by atoms with Crippen LogP contribution in [0.2, 0.25) is 0 Å². The molecule has 0 saturated carbocycles. The number of carbonyl (C=O) groups is 3. The summed E-state index contributed by atoms with van der Waals surface area (Å²) in [6, 6.07) is 5.60. The normalized spacial score (nSPS) is 33.0. The second-order valence-corrected chi connectivity index (χ2v) is 8.67. The zero-order chi connectivity index (χ0) is 19.7. The molecule has 3 amide bonds. The number of nitrogens with zero attached hydrogens (tertiary/aromatic N) is 1. The van der Waals surface area contributed by atoms with Crippen molar-refractivity contribution in [2.75, 3.05) is 5.32 Å². The number of anilines is 1. The first-order valence-electron chi connectivity index (χ1n) is 9.89. The number of hydrogen-bond donors (Lipinski definition) is 2. The quantitative estimate of drug-likeness (QED) is 0.783. The summed E-state index contributed by atoms with van der Waals surface area (Å²) in [4.78, 5) is 41.4.